The van der Waals surface area contributed by atoms with Gasteiger partial charge < -0.3 is 17.2 Å². The fraction of sp³-hybridized carbons (Fsp3) is 0.0476. The van der Waals surface area contributed by atoms with Crippen molar-refractivity contribution in [3.63, 3.8) is 0 Å². The van der Waals surface area contributed by atoms with Gasteiger partial charge in [0.15, 0.2) is 11.6 Å². The number of benzene rings is 3. The quantitative estimate of drug-likeness (QED) is 0.200. The number of aryl methyl sites for hydroxylation is 1. The van der Waals surface area contributed by atoms with Crippen molar-refractivity contribution >= 4 is 48.9 Å². The minimum atomic E-state index is -5.08. The van der Waals surface area contributed by atoms with Crippen molar-refractivity contribution in [2.75, 3.05) is 17.2 Å². The van der Waals surface area contributed by atoms with E-state index in [1.807, 2.05) is 0 Å². The molecule has 4 rings (SSSR count). The van der Waals surface area contributed by atoms with Crippen LogP contribution < -0.4 is 17.2 Å². The predicted molar refractivity (Wildman–Crippen MR) is 123 cm³/mol. The van der Waals surface area contributed by atoms with Crippen molar-refractivity contribution in [1.29, 1.82) is 0 Å². The van der Waals surface area contributed by atoms with Crippen molar-refractivity contribution in [3.05, 3.63) is 64.2 Å². The maximum absolute atomic E-state index is 13.5. The van der Waals surface area contributed by atoms with E-state index in [4.69, 9.17) is 17.2 Å². The zero-order chi connectivity index (χ0) is 25.3. The van der Waals surface area contributed by atoms with Crippen LogP contribution in [0.2, 0.25) is 0 Å². The third-order valence-corrected chi connectivity index (χ3v) is 7.43. The number of nitrogens with two attached hydrogens (primary N) is 3. The Bertz CT molecular complexity index is 1680. The summed E-state index contributed by atoms with van der Waals surface area (Å²) in [6.45, 7) is 1.39. The summed E-state index contributed by atoms with van der Waals surface area (Å²) in [7, 11) is -9.79. The zero-order valence-corrected chi connectivity index (χ0v) is 19.0. The highest BCUT2D eigenvalue weighted by molar-refractivity contribution is 7.86. The number of carbonyl (C=O) groups is 2. The largest absolute Gasteiger partial charge is 0.398 e. The van der Waals surface area contributed by atoms with Gasteiger partial charge in [-0.05, 0) is 30.2 Å². The van der Waals surface area contributed by atoms with Crippen molar-refractivity contribution < 1.29 is 35.5 Å². The fourth-order valence-corrected chi connectivity index (χ4v) is 5.57. The number of hydrogen-bond donors (Lipinski definition) is 5. The molecule has 1 aliphatic rings. The fourth-order valence-electron chi connectivity index (χ4n) is 4.13. The molecule has 0 saturated carbocycles. The number of rotatable bonds is 3. The molecular formula is C21H17N3O8S2. The average Bonchev–Trinajstić information content (AvgIpc) is 2.71. The Morgan fingerprint density at radius 1 is 0.706 bits per heavy atom. The van der Waals surface area contributed by atoms with Crippen LogP contribution in [0.15, 0.2) is 46.2 Å². The van der Waals surface area contributed by atoms with Gasteiger partial charge in [-0.1, -0.05) is 24.3 Å². The Kier molecular flexibility index (Phi) is 5.06. The topological polar surface area (TPSA) is 221 Å². The molecule has 0 atom stereocenters. The summed E-state index contributed by atoms with van der Waals surface area (Å²) >= 11 is 0. The minimum absolute atomic E-state index is 0.0101. The van der Waals surface area contributed by atoms with Gasteiger partial charge in [-0.25, -0.2) is 0 Å². The van der Waals surface area contributed by atoms with Crippen LogP contribution in [-0.2, 0) is 20.2 Å². The van der Waals surface area contributed by atoms with E-state index in [0.29, 0.717) is 0 Å². The van der Waals surface area contributed by atoms with Crippen molar-refractivity contribution in [1.82, 2.24) is 0 Å². The predicted octanol–water partition coefficient (Wildman–Crippen LogP) is 1.68. The van der Waals surface area contributed by atoms with Crippen molar-refractivity contribution in [2.45, 2.75) is 16.7 Å². The lowest BCUT2D eigenvalue weighted by atomic mass is 9.78. The monoisotopic (exact) mass is 503 g/mol. The molecule has 1 aliphatic carbocycles. The number of carbonyl (C=O) groups excluding carboxylic acids is 2. The molecule has 13 heteroatoms. The van der Waals surface area contributed by atoms with Gasteiger partial charge in [0, 0.05) is 22.3 Å². The summed E-state index contributed by atoms with van der Waals surface area (Å²) in [6, 6.07) is 7.86. The standard InChI is InChI=1S/C21H17N3O8S2/c1-8-6-13(33(27,28)29)12(22)7-11(8)14-15-16(18(24)21(17(14)23)34(30,31)32)20(26)10-5-3-2-4-9(10)19(15)25/h2-7H,22-24H2,1H3,(H,27,28,29)(H,30,31,32). The minimum Gasteiger partial charge on any atom is -0.398 e. The Hall–Kier alpha value is -3.78. The van der Waals surface area contributed by atoms with Crippen LogP contribution in [0.5, 0.6) is 0 Å². The molecular weight excluding hydrogens is 486 g/mol. The van der Waals surface area contributed by atoms with E-state index < -0.39 is 64.2 Å². The molecule has 0 spiro atoms. The number of nitrogen functional groups attached to an aromatic ring is 3. The van der Waals surface area contributed by atoms with Crippen LogP contribution in [0.25, 0.3) is 11.1 Å². The van der Waals surface area contributed by atoms with E-state index in [2.05, 4.69) is 0 Å². The highest BCUT2D eigenvalue weighted by Crippen LogP contribution is 2.46. The first-order valence-electron chi connectivity index (χ1n) is 9.45. The van der Waals surface area contributed by atoms with Crippen LogP contribution in [-0.4, -0.2) is 37.5 Å². The second kappa shape index (κ2) is 7.36. The van der Waals surface area contributed by atoms with Crippen molar-refractivity contribution in [2.24, 2.45) is 0 Å². The van der Waals surface area contributed by atoms with Gasteiger partial charge >= 0.3 is 0 Å². The van der Waals surface area contributed by atoms with Gasteiger partial charge in [-0.15, -0.1) is 0 Å². The van der Waals surface area contributed by atoms with Gasteiger partial charge in [-0.3, -0.25) is 18.7 Å². The van der Waals surface area contributed by atoms with Crippen LogP contribution in [0.3, 0.4) is 0 Å². The molecule has 0 unspecified atom stereocenters. The summed E-state index contributed by atoms with van der Waals surface area (Å²) < 4.78 is 66.9. The first-order chi connectivity index (χ1) is 15.7. The van der Waals surface area contributed by atoms with Crippen LogP contribution in [0.1, 0.15) is 37.4 Å². The molecule has 11 nitrogen and oxygen atoms in total. The van der Waals surface area contributed by atoms with E-state index in [9.17, 15) is 35.5 Å². The third-order valence-electron chi connectivity index (χ3n) is 5.56. The Labute approximate surface area is 193 Å². The summed E-state index contributed by atoms with van der Waals surface area (Å²) in [5.41, 5.74) is 15.1. The number of fused-ring (bicyclic) bond motifs is 2. The van der Waals surface area contributed by atoms with Gasteiger partial charge in [-0.2, -0.15) is 16.8 Å². The molecule has 3 aromatic rings. The number of hydrogen-bond acceptors (Lipinski definition) is 9. The van der Waals surface area contributed by atoms with Crippen LogP contribution in [0, 0.1) is 6.92 Å². The smallest absolute Gasteiger partial charge is 0.298 e. The molecule has 0 aromatic heterocycles. The number of anilines is 3. The summed E-state index contributed by atoms with van der Waals surface area (Å²) in [6.07, 6.45) is 0. The van der Waals surface area contributed by atoms with E-state index >= 15 is 0 Å². The maximum Gasteiger partial charge on any atom is 0.298 e. The lowest BCUT2D eigenvalue weighted by molar-refractivity contribution is 0.0980. The lowest BCUT2D eigenvalue weighted by Gasteiger charge is -2.26. The first kappa shape index (κ1) is 23.4. The highest BCUT2D eigenvalue weighted by atomic mass is 32.2. The molecule has 0 saturated heterocycles. The molecule has 34 heavy (non-hydrogen) atoms. The van der Waals surface area contributed by atoms with Gasteiger partial charge in [0.1, 0.15) is 9.79 Å². The Balaban J connectivity index is 2.23. The van der Waals surface area contributed by atoms with E-state index in [-0.39, 0.29) is 33.4 Å². The van der Waals surface area contributed by atoms with E-state index in [0.717, 1.165) is 12.1 Å². The number of ketones is 2. The summed E-state index contributed by atoms with van der Waals surface area (Å²) in [5.74, 6) is -1.47. The summed E-state index contributed by atoms with van der Waals surface area (Å²) in [5, 5.41) is 0. The zero-order valence-electron chi connectivity index (χ0n) is 17.4. The average molecular weight is 504 g/mol. The molecule has 176 valence electrons. The SMILES string of the molecule is Cc1cc(S(=O)(=O)O)c(N)cc1-c1c(N)c(S(=O)(=O)O)c(N)c2c1C(=O)c1ccccc1C2=O. The molecule has 8 N–H and O–H groups in total. The van der Waals surface area contributed by atoms with Gasteiger partial charge in [0.25, 0.3) is 20.2 Å². The third kappa shape index (κ3) is 3.33. The van der Waals surface area contributed by atoms with E-state index in [1.165, 1.54) is 31.2 Å². The molecule has 3 aromatic carbocycles. The summed E-state index contributed by atoms with van der Waals surface area (Å²) in [4.78, 5) is 25.2. The second-order valence-corrected chi connectivity index (χ2v) is 10.4. The van der Waals surface area contributed by atoms with Crippen LogP contribution in [0.4, 0.5) is 17.1 Å². The van der Waals surface area contributed by atoms with Gasteiger partial charge in [0.2, 0.25) is 0 Å². The molecule has 0 heterocycles. The molecule has 0 aliphatic heterocycles. The first-order valence-corrected chi connectivity index (χ1v) is 12.3. The maximum atomic E-state index is 13.5. The van der Waals surface area contributed by atoms with Crippen molar-refractivity contribution in [3.8, 4) is 11.1 Å². The van der Waals surface area contributed by atoms with E-state index in [1.54, 1.807) is 0 Å². The van der Waals surface area contributed by atoms with Gasteiger partial charge in [0.05, 0.1) is 22.6 Å². The Morgan fingerprint density at radius 2 is 1.21 bits per heavy atom. The highest BCUT2D eigenvalue weighted by Gasteiger charge is 2.39. The second-order valence-electron chi connectivity index (χ2n) is 7.64. The Morgan fingerprint density at radius 3 is 1.71 bits per heavy atom. The normalized spacial score (nSPS) is 13.5. The molecule has 0 radical (unpaired) electrons. The lowest BCUT2D eigenvalue weighted by Crippen LogP contribution is -2.26. The molecule has 0 amide bonds. The molecule has 0 bridgehead atoms. The van der Waals surface area contributed by atoms with Crippen LogP contribution >= 0.6 is 0 Å². The molecule has 0 fully saturated rings.